The van der Waals surface area contributed by atoms with Gasteiger partial charge in [0.2, 0.25) is 11.7 Å². The topological polar surface area (TPSA) is 29.1 Å². The van der Waals surface area contributed by atoms with E-state index in [0.29, 0.717) is 6.42 Å². The van der Waals surface area contributed by atoms with Gasteiger partial charge in [0.05, 0.1) is 0 Å². The van der Waals surface area contributed by atoms with E-state index in [1.165, 1.54) is 0 Å². The number of hydrogen-bond donors (Lipinski definition) is 1. The van der Waals surface area contributed by atoms with Crippen molar-refractivity contribution in [2.75, 3.05) is 5.32 Å². The number of nitrogens with one attached hydrogen (secondary N) is 1. The van der Waals surface area contributed by atoms with Gasteiger partial charge in [-0.2, -0.15) is 0 Å². The summed E-state index contributed by atoms with van der Waals surface area (Å²) in [4.78, 5) is 12.0. The maximum atomic E-state index is 13.5. The normalized spacial score (nSPS) is 19.5. The van der Waals surface area contributed by atoms with E-state index in [9.17, 15) is 26.7 Å². The van der Waals surface area contributed by atoms with E-state index in [0.717, 1.165) is 5.56 Å². The number of amides is 1. The van der Waals surface area contributed by atoms with Crippen LogP contribution in [-0.2, 0) is 4.79 Å². The molecule has 1 aliphatic rings. The fourth-order valence-electron chi connectivity index (χ4n) is 2.48. The monoisotopic (exact) mass is 327 g/mol. The second-order valence-electron chi connectivity index (χ2n) is 5.29. The van der Waals surface area contributed by atoms with Crippen LogP contribution in [0.4, 0.5) is 27.6 Å². The molecule has 1 N–H and O–H groups in total. The summed E-state index contributed by atoms with van der Waals surface area (Å²) in [6.45, 7) is 0. The quantitative estimate of drug-likeness (QED) is 0.513. The summed E-state index contributed by atoms with van der Waals surface area (Å²) in [6, 6.07) is 8.97. The maximum absolute atomic E-state index is 13.5. The summed E-state index contributed by atoms with van der Waals surface area (Å²) >= 11 is 0. The summed E-state index contributed by atoms with van der Waals surface area (Å²) in [5, 5.41) is 1.81. The van der Waals surface area contributed by atoms with Gasteiger partial charge in [0, 0.05) is 5.92 Å². The van der Waals surface area contributed by atoms with Crippen molar-refractivity contribution >= 4 is 11.6 Å². The lowest BCUT2D eigenvalue weighted by atomic mass is 10.1. The molecule has 1 saturated carbocycles. The SMILES string of the molecule is O=C(Nc1c(F)c(F)c(F)c(F)c1F)C1CC1c1ccccc1. The van der Waals surface area contributed by atoms with Crippen LogP contribution in [-0.4, -0.2) is 5.91 Å². The molecule has 2 atom stereocenters. The molecule has 120 valence electrons. The predicted octanol–water partition coefficient (Wildman–Crippen LogP) is 4.12. The highest BCUT2D eigenvalue weighted by Gasteiger charge is 2.44. The number of anilines is 1. The van der Waals surface area contributed by atoms with Gasteiger partial charge in [-0.05, 0) is 17.9 Å². The number of benzene rings is 2. The third-order valence-corrected chi connectivity index (χ3v) is 3.81. The summed E-state index contributed by atoms with van der Waals surface area (Å²) in [5.74, 6) is -12.0. The molecular weight excluding hydrogens is 317 g/mol. The molecule has 0 radical (unpaired) electrons. The summed E-state index contributed by atoms with van der Waals surface area (Å²) < 4.78 is 66.2. The molecule has 1 fully saturated rings. The second-order valence-corrected chi connectivity index (χ2v) is 5.29. The van der Waals surface area contributed by atoms with Crippen molar-refractivity contribution in [3.8, 4) is 0 Å². The summed E-state index contributed by atoms with van der Waals surface area (Å²) in [5.41, 5.74) is -0.435. The summed E-state index contributed by atoms with van der Waals surface area (Å²) in [6.07, 6.45) is 0.450. The first-order valence-electron chi connectivity index (χ1n) is 6.79. The molecule has 0 aromatic heterocycles. The van der Waals surface area contributed by atoms with Crippen LogP contribution in [0.3, 0.4) is 0 Å². The fourth-order valence-corrected chi connectivity index (χ4v) is 2.48. The highest BCUT2D eigenvalue weighted by molar-refractivity contribution is 5.95. The largest absolute Gasteiger partial charge is 0.321 e. The Morgan fingerprint density at radius 2 is 1.39 bits per heavy atom. The van der Waals surface area contributed by atoms with Crippen LogP contribution in [0.1, 0.15) is 17.9 Å². The number of carbonyl (C=O) groups is 1. The van der Waals surface area contributed by atoms with E-state index >= 15 is 0 Å². The molecule has 0 heterocycles. The smallest absolute Gasteiger partial charge is 0.228 e. The minimum atomic E-state index is -2.26. The van der Waals surface area contributed by atoms with Gasteiger partial charge in [-0.25, -0.2) is 22.0 Å². The van der Waals surface area contributed by atoms with E-state index in [1.54, 1.807) is 30.3 Å². The first kappa shape index (κ1) is 15.5. The molecule has 0 saturated heterocycles. The Morgan fingerprint density at radius 1 is 0.870 bits per heavy atom. The van der Waals surface area contributed by atoms with E-state index in [2.05, 4.69) is 0 Å². The molecule has 3 rings (SSSR count). The van der Waals surface area contributed by atoms with Crippen LogP contribution < -0.4 is 5.32 Å². The Bertz CT molecular complexity index is 749. The van der Waals surface area contributed by atoms with Gasteiger partial charge in [-0.3, -0.25) is 4.79 Å². The van der Waals surface area contributed by atoms with Crippen molar-refractivity contribution in [3.05, 3.63) is 65.0 Å². The molecule has 23 heavy (non-hydrogen) atoms. The number of carbonyl (C=O) groups excluding carboxylic acids is 1. The summed E-state index contributed by atoms with van der Waals surface area (Å²) in [7, 11) is 0. The van der Waals surface area contributed by atoms with Crippen molar-refractivity contribution in [2.45, 2.75) is 12.3 Å². The van der Waals surface area contributed by atoms with Gasteiger partial charge < -0.3 is 5.32 Å². The minimum Gasteiger partial charge on any atom is -0.321 e. The maximum Gasteiger partial charge on any atom is 0.228 e. The van der Waals surface area contributed by atoms with Gasteiger partial charge in [0.15, 0.2) is 23.3 Å². The molecule has 2 aromatic carbocycles. The van der Waals surface area contributed by atoms with Crippen molar-refractivity contribution in [3.63, 3.8) is 0 Å². The Kier molecular flexibility index (Phi) is 3.79. The van der Waals surface area contributed by atoms with Crippen LogP contribution in [0.2, 0.25) is 0 Å². The van der Waals surface area contributed by atoms with Crippen molar-refractivity contribution < 1.29 is 26.7 Å². The van der Waals surface area contributed by atoms with E-state index in [4.69, 9.17) is 0 Å². The average molecular weight is 327 g/mol. The third kappa shape index (κ3) is 2.67. The first-order chi connectivity index (χ1) is 10.9. The van der Waals surface area contributed by atoms with E-state index in [1.807, 2.05) is 5.32 Å². The van der Waals surface area contributed by atoms with Crippen LogP contribution in [0.5, 0.6) is 0 Å². The molecule has 0 bridgehead atoms. The number of halogens is 5. The van der Waals surface area contributed by atoms with Crippen molar-refractivity contribution in [1.29, 1.82) is 0 Å². The lowest BCUT2D eigenvalue weighted by molar-refractivity contribution is -0.117. The Hall–Kier alpha value is -2.44. The average Bonchev–Trinajstić information content (AvgIpc) is 3.36. The van der Waals surface area contributed by atoms with E-state index < -0.39 is 46.6 Å². The molecule has 1 aliphatic carbocycles. The van der Waals surface area contributed by atoms with Gasteiger partial charge in [-0.1, -0.05) is 30.3 Å². The molecule has 2 unspecified atom stereocenters. The van der Waals surface area contributed by atoms with E-state index in [-0.39, 0.29) is 5.92 Å². The standard InChI is InChI=1S/C16H10F5NO/c17-10-11(18)13(20)15(14(21)12(10)19)22-16(23)9-6-8(9)7-4-2-1-3-5-7/h1-5,8-9H,6H2,(H,22,23). The second kappa shape index (κ2) is 5.64. The molecular formula is C16H10F5NO. The Labute approximate surface area is 127 Å². The Morgan fingerprint density at radius 3 is 1.96 bits per heavy atom. The van der Waals surface area contributed by atoms with Crippen LogP contribution in [0, 0.1) is 35.0 Å². The lowest BCUT2D eigenvalue weighted by Crippen LogP contribution is -2.18. The van der Waals surface area contributed by atoms with Crippen LogP contribution in [0.15, 0.2) is 30.3 Å². The predicted molar refractivity (Wildman–Crippen MR) is 72.2 cm³/mol. The Balaban J connectivity index is 1.80. The van der Waals surface area contributed by atoms with Crippen LogP contribution in [0.25, 0.3) is 0 Å². The zero-order valence-corrected chi connectivity index (χ0v) is 11.5. The zero-order chi connectivity index (χ0) is 16.7. The lowest BCUT2D eigenvalue weighted by Gasteiger charge is -2.09. The highest BCUT2D eigenvalue weighted by atomic mass is 19.2. The number of hydrogen-bond acceptors (Lipinski definition) is 1. The van der Waals surface area contributed by atoms with Gasteiger partial charge in [-0.15, -0.1) is 0 Å². The van der Waals surface area contributed by atoms with Crippen molar-refractivity contribution in [1.82, 2.24) is 0 Å². The van der Waals surface area contributed by atoms with Gasteiger partial charge in [0.25, 0.3) is 0 Å². The fraction of sp³-hybridized carbons (Fsp3) is 0.188. The minimum absolute atomic E-state index is 0.127. The molecule has 7 heteroatoms. The molecule has 2 aromatic rings. The first-order valence-corrected chi connectivity index (χ1v) is 6.79. The molecule has 0 aliphatic heterocycles. The van der Waals surface area contributed by atoms with Gasteiger partial charge >= 0.3 is 0 Å². The third-order valence-electron chi connectivity index (χ3n) is 3.81. The van der Waals surface area contributed by atoms with Crippen molar-refractivity contribution in [2.24, 2.45) is 5.92 Å². The molecule has 0 spiro atoms. The highest BCUT2D eigenvalue weighted by Crippen LogP contribution is 2.48. The van der Waals surface area contributed by atoms with Gasteiger partial charge in [0.1, 0.15) is 5.69 Å². The molecule has 1 amide bonds. The zero-order valence-electron chi connectivity index (χ0n) is 11.5. The van der Waals surface area contributed by atoms with Crippen LogP contribution >= 0.6 is 0 Å². The number of rotatable bonds is 3. The molecule has 2 nitrogen and oxygen atoms in total.